The fourth-order valence-electron chi connectivity index (χ4n) is 2.64. The molecule has 0 spiro atoms. The number of amides is 1. The van der Waals surface area contributed by atoms with Crippen molar-refractivity contribution in [3.05, 3.63) is 29.3 Å². The lowest BCUT2D eigenvalue weighted by molar-refractivity contribution is -0.137. The van der Waals surface area contributed by atoms with Crippen LogP contribution in [-0.4, -0.2) is 16.6 Å². The molecule has 0 heterocycles. The van der Waals surface area contributed by atoms with Crippen LogP contribution in [0.4, 0.5) is 18.9 Å². The average Bonchev–Trinajstić information content (AvgIpc) is 2.77. The summed E-state index contributed by atoms with van der Waals surface area (Å²) in [5, 5.41) is 12.6. The Morgan fingerprint density at radius 1 is 1.33 bits per heavy atom. The summed E-state index contributed by atoms with van der Waals surface area (Å²) in [5.74, 6) is -0.457. The van der Waals surface area contributed by atoms with Gasteiger partial charge in [0.1, 0.15) is 0 Å². The zero-order valence-corrected chi connectivity index (χ0v) is 11.8. The quantitative estimate of drug-likeness (QED) is 0.895. The van der Waals surface area contributed by atoms with Gasteiger partial charge >= 0.3 is 6.18 Å². The first-order valence-corrected chi connectivity index (χ1v) is 6.90. The molecular weight excluding hydrogens is 283 g/mol. The molecule has 0 unspecified atom stereocenters. The summed E-state index contributed by atoms with van der Waals surface area (Å²) >= 11 is 0. The predicted molar refractivity (Wildman–Crippen MR) is 72.8 cm³/mol. The summed E-state index contributed by atoms with van der Waals surface area (Å²) < 4.78 is 38.0. The molecule has 3 nitrogen and oxygen atoms in total. The van der Waals surface area contributed by atoms with E-state index in [0.29, 0.717) is 18.4 Å². The minimum absolute atomic E-state index is 0.0807. The van der Waals surface area contributed by atoms with Crippen LogP contribution < -0.4 is 5.32 Å². The average molecular weight is 301 g/mol. The van der Waals surface area contributed by atoms with E-state index in [9.17, 15) is 23.1 Å². The Morgan fingerprint density at radius 2 is 1.95 bits per heavy atom. The summed E-state index contributed by atoms with van der Waals surface area (Å²) in [6.45, 7) is 1.63. The number of aryl methyl sites for hydroxylation is 1. The van der Waals surface area contributed by atoms with Crippen LogP contribution in [-0.2, 0) is 11.0 Å². The van der Waals surface area contributed by atoms with E-state index in [-0.39, 0.29) is 12.1 Å². The smallest absolute Gasteiger partial charge is 0.389 e. The molecule has 1 aliphatic carbocycles. The van der Waals surface area contributed by atoms with Crippen molar-refractivity contribution in [1.29, 1.82) is 0 Å². The lowest BCUT2D eigenvalue weighted by atomic mass is 9.97. The van der Waals surface area contributed by atoms with Gasteiger partial charge in [-0.2, -0.15) is 13.2 Å². The number of carbonyl (C=O) groups is 1. The van der Waals surface area contributed by atoms with Crippen molar-refractivity contribution in [2.75, 3.05) is 5.32 Å². The second-order valence-corrected chi connectivity index (χ2v) is 5.68. The second kappa shape index (κ2) is 5.67. The van der Waals surface area contributed by atoms with E-state index in [2.05, 4.69) is 5.32 Å². The van der Waals surface area contributed by atoms with Gasteiger partial charge in [-0.05, 0) is 37.5 Å². The Kier molecular flexibility index (Phi) is 4.27. The second-order valence-electron chi connectivity index (χ2n) is 5.68. The topological polar surface area (TPSA) is 49.3 Å². The lowest BCUT2D eigenvalue weighted by Gasteiger charge is -2.21. The van der Waals surface area contributed by atoms with Gasteiger partial charge in [0.15, 0.2) is 0 Å². The summed E-state index contributed by atoms with van der Waals surface area (Å²) in [7, 11) is 0. The molecule has 1 amide bonds. The number of rotatable bonds is 3. The fraction of sp³-hybridized carbons (Fsp3) is 0.533. The molecule has 1 aliphatic rings. The van der Waals surface area contributed by atoms with Crippen LogP contribution >= 0.6 is 0 Å². The number of hydrogen-bond acceptors (Lipinski definition) is 2. The van der Waals surface area contributed by atoms with E-state index in [1.165, 1.54) is 6.07 Å². The molecule has 1 aromatic rings. The first kappa shape index (κ1) is 15.8. The third-order valence-electron chi connectivity index (χ3n) is 3.86. The van der Waals surface area contributed by atoms with Crippen molar-refractivity contribution in [2.24, 2.45) is 0 Å². The first-order chi connectivity index (χ1) is 9.70. The Morgan fingerprint density at radius 3 is 2.52 bits per heavy atom. The Labute approximate surface area is 121 Å². The van der Waals surface area contributed by atoms with Gasteiger partial charge in [0, 0.05) is 5.69 Å². The van der Waals surface area contributed by atoms with Gasteiger partial charge in [-0.3, -0.25) is 4.79 Å². The highest BCUT2D eigenvalue weighted by atomic mass is 19.4. The van der Waals surface area contributed by atoms with Crippen LogP contribution in [0.1, 0.15) is 43.2 Å². The number of halogens is 3. The van der Waals surface area contributed by atoms with Gasteiger partial charge in [0.2, 0.25) is 5.91 Å². The van der Waals surface area contributed by atoms with E-state index in [1.54, 1.807) is 6.92 Å². The highest BCUT2D eigenvalue weighted by Crippen LogP contribution is 2.34. The third-order valence-corrected chi connectivity index (χ3v) is 3.86. The van der Waals surface area contributed by atoms with Gasteiger partial charge in [-0.25, -0.2) is 0 Å². The SMILES string of the molecule is Cc1ccc(C(F)(F)F)cc1NC(=O)CC1(O)CCCC1. The minimum Gasteiger partial charge on any atom is -0.389 e. The minimum atomic E-state index is -4.45. The monoisotopic (exact) mass is 301 g/mol. The maximum atomic E-state index is 12.7. The van der Waals surface area contributed by atoms with Gasteiger partial charge in [0.25, 0.3) is 0 Å². The number of benzene rings is 1. The predicted octanol–water partition coefficient (Wildman–Crippen LogP) is 3.65. The molecule has 0 atom stereocenters. The van der Waals surface area contributed by atoms with Crippen molar-refractivity contribution >= 4 is 11.6 Å². The number of carbonyl (C=O) groups excluding carboxylic acids is 1. The number of hydrogen-bond donors (Lipinski definition) is 2. The number of alkyl halides is 3. The van der Waals surface area contributed by atoms with Crippen molar-refractivity contribution in [3.8, 4) is 0 Å². The molecule has 0 radical (unpaired) electrons. The van der Waals surface area contributed by atoms with Gasteiger partial charge < -0.3 is 10.4 Å². The molecule has 1 saturated carbocycles. The molecule has 0 aromatic heterocycles. The van der Waals surface area contributed by atoms with Crippen LogP contribution in [0.15, 0.2) is 18.2 Å². The Hall–Kier alpha value is -1.56. The molecule has 21 heavy (non-hydrogen) atoms. The van der Waals surface area contributed by atoms with E-state index < -0.39 is 23.2 Å². The zero-order valence-electron chi connectivity index (χ0n) is 11.8. The van der Waals surface area contributed by atoms with Gasteiger partial charge in [0.05, 0.1) is 17.6 Å². The number of anilines is 1. The van der Waals surface area contributed by atoms with Crippen molar-refractivity contribution in [3.63, 3.8) is 0 Å². The molecule has 1 fully saturated rings. The lowest BCUT2D eigenvalue weighted by Crippen LogP contribution is -2.31. The maximum absolute atomic E-state index is 12.7. The number of nitrogens with one attached hydrogen (secondary N) is 1. The van der Waals surface area contributed by atoms with Crippen LogP contribution in [0.5, 0.6) is 0 Å². The normalized spacial score (nSPS) is 17.8. The molecule has 116 valence electrons. The van der Waals surface area contributed by atoms with Crippen LogP contribution in [0.25, 0.3) is 0 Å². The summed E-state index contributed by atoms with van der Waals surface area (Å²) in [4.78, 5) is 11.9. The van der Waals surface area contributed by atoms with E-state index in [4.69, 9.17) is 0 Å². The van der Waals surface area contributed by atoms with E-state index in [0.717, 1.165) is 25.0 Å². The zero-order chi connectivity index (χ0) is 15.7. The van der Waals surface area contributed by atoms with E-state index in [1.807, 2.05) is 0 Å². The molecule has 2 rings (SSSR count). The van der Waals surface area contributed by atoms with Gasteiger partial charge in [-0.1, -0.05) is 18.9 Å². The van der Waals surface area contributed by atoms with Gasteiger partial charge in [-0.15, -0.1) is 0 Å². The molecule has 0 saturated heterocycles. The standard InChI is InChI=1S/C15H18F3NO2/c1-10-4-5-11(15(16,17)18)8-12(10)19-13(20)9-14(21)6-2-3-7-14/h4-5,8,21H,2-3,6-7,9H2,1H3,(H,19,20). The maximum Gasteiger partial charge on any atom is 0.416 e. The molecule has 6 heteroatoms. The molecule has 0 bridgehead atoms. The molecular formula is C15H18F3NO2. The summed E-state index contributed by atoms with van der Waals surface area (Å²) in [6.07, 6.45) is -1.68. The first-order valence-electron chi connectivity index (χ1n) is 6.90. The van der Waals surface area contributed by atoms with Crippen molar-refractivity contribution in [2.45, 2.75) is 50.8 Å². The van der Waals surface area contributed by atoms with Crippen molar-refractivity contribution < 1.29 is 23.1 Å². The molecule has 0 aliphatic heterocycles. The highest BCUT2D eigenvalue weighted by Gasteiger charge is 2.34. The largest absolute Gasteiger partial charge is 0.416 e. The van der Waals surface area contributed by atoms with Crippen LogP contribution in [0, 0.1) is 6.92 Å². The number of aliphatic hydroxyl groups is 1. The molecule has 1 aromatic carbocycles. The van der Waals surface area contributed by atoms with E-state index >= 15 is 0 Å². The third kappa shape index (κ3) is 3.97. The summed E-state index contributed by atoms with van der Waals surface area (Å²) in [6, 6.07) is 3.23. The van der Waals surface area contributed by atoms with Crippen LogP contribution in [0.3, 0.4) is 0 Å². The van der Waals surface area contributed by atoms with Crippen LogP contribution in [0.2, 0.25) is 0 Å². The Bertz CT molecular complexity index is 534. The summed E-state index contributed by atoms with van der Waals surface area (Å²) in [5.41, 5.74) is -1.13. The Balaban J connectivity index is 2.10. The fourth-order valence-corrected chi connectivity index (χ4v) is 2.64. The highest BCUT2D eigenvalue weighted by molar-refractivity contribution is 5.92. The van der Waals surface area contributed by atoms with Crippen molar-refractivity contribution in [1.82, 2.24) is 0 Å². The molecule has 2 N–H and O–H groups in total.